The molecule has 90 valence electrons. The molecule has 5 nitrogen and oxygen atoms in total. The van der Waals surface area contributed by atoms with Crippen LogP contribution in [0.2, 0.25) is 15.2 Å². The van der Waals surface area contributed by atoms with E-state index in [9.17, 15) is 0 Å². The fraction of sp³-hybridized carbons (Fsp3) is 0.222. The zero-order valence-corrected chi connectivity index (χ0v) is 10.7. The molecule has 0 aliphatic heterocycles. The second kappa shape index (κ2) is 5.53. The van der Waals surface area contributed by atoms with Crippen molar-refractivity contribution in [1.29, 1.82) is 0 Å². The first-order valence-corrected chi connectivity index (χ1v) is 5.81. The maximum Gasteiger partial charge on any atom is 0.213 e. The molecule has 0 atom stereocenters. The lowest BCUT2D eigenvalue weighted by molar-refractivity contribution is 0.410. The summed E-state index contributed by atoms with van der Waals surface area (Å²) in [5, 5.41) is 7.62. The summed E-state index contributed by atoms with van der Waals surface area (Å²) in [6.45, 7) is 0.560. The first-order valence-electron chi connectivity index (χ1n) is 4.67. The van der Waals surface area contributed by atoms with Crippen LogP contribution in [0.1, 0.15) is 5.82 Å². The highest BCUT2D eigenvalue weighted by Crippen LogP contribution is 2.28. The summed E-state index contributed by atoms with van der Waals surface area (Å²) in [4.78, 5) is 7.90. The molecule has 2 aromatic heterocycles. The van der Waals surface area contributed by atoms with Crippen molar-refractivity contribution < 1.29 is 4.52 Å². The van der Waals surface area contributed by atoms with Gasteiger partial charge in [-0.05, 0) is 6.07 Å². The first kappa shape index (κ1) is 12.4. The van der Waals surface area contributed by atoms with Crippen molar-refractivity contribution in [1.82, 2.24) is 15.1 Å². The van der Waals surface area contributed by atoms with Gasteiger partial charge in [0.15, 0.2) is 5.82 Å². The largest absolute Gasteiger partial charge is 0.368 e. The monoisotopic (exact) mass is 292 g/mol. The van der Waals surface area contributed by atoms with Gasteiger partial charge in [0.25, 0.3) is 0 Å². The van der Waals surface area contributed by atoms with Gasteiger partial charge >= 0.3 is 0 Å². The number of halogens is 3. The second-order valence-electron chi connectivity index (χ2n) is 3.12. The van der Waals surface area contributed by atoms with E-state index in [4.69, 9.17) is 34.8 Å². The van der Waals surface area contributed by atoms with Crippen molar-refractivity contribution in [3.63, 3.8) is 0 Å². The lowest BCUT2D eigenvalue weighted by Crippen LogP contribution is -2.07. The van der Waals surface area contributed by atoms with Gasteiger partial charge in [-0.2, -0.15) is 4.98 Å². The minimum Gasteiger partial charge on any atom is -0.368 e. The van der Waals surface area contributed by atoms with E-state index in [2.05, 4.69) is 25.0 Å². The minimum absolute atomic E-state index is 0.207. The normalized spacial score (nSPS) is 10.5. The molecule has 2 aromatic rings. The Balaban J connectivity index is 1.97. The summed E-state index contributed by atoms with van der Waals surface area (Å²) >= 11 is 17.5. The third-order valence-corrected chi connectivity index (χ3v) is 2.90. The van der Waals surface area contributed by atoms with Crippen LogP contribution in [0.25, 0.3) is 0 Å². The van der Waals surface area contributed by atoms with Gasteiger partial charge in [-0.3, -0.25) is 0 Å². The molecule has 0 bridgehead atoms. The zero-order valence-electron chi connectivity index (χ0n) is 8.45. The number of hydrogen-bond acceptors (Lipinski definition) is 5. The van der Waals surface area contributed by atoms with Crippen molar-refractivity contribution in [2.75, 3.05) is 11.9 Å². The molecule has 0 saturated carbocycles. The van der Waals surface area contributed by atoms with Gasteiger partial charge in [0.05, 0.1) is 10.0 Å². The predicted molar refractivity (Wildman–Crippen MR) is 65.8 cm³/mol. The van der Waals surface area contributed by atoms with Gasteiger partial charge in [-0.15, -0.1) is 0 Å². The number of nitrogens with one attached hydrogen (secondary N) is 1. The third-order valence-electron chi connectivity index (χ3n) is 1.93. The van der Waals surface area contributed by atoms with Crippen molar-refractivity contribution >= 4 is 40.6 Å². The van der Waals surface area contributed by atoms with E-state index in [-0.39, 0.29) is 5.15 Å². The van der Waals surface area contributed by atoms with Gasteiger partial charge in [-0.25, -0.2) is 4.98 Å². The number of nitrogens with zero attached hydrogens (tertiary/aromatic N) is 3. The third kappa shape index (κ3) is 3.21. The molecule has 0 saturated heterocycles. The van der Waals surface area contributed by atoms with Crippen molar-refractivity contribution in [3.05, 3.63) is 33.5 Å². The first-order chi connectivity index (χ1) is 8.16. The molecule has 0 aliphatic rings. The lowest BCUT2D eigenvalue weighted by Gasteiger charge is -2.07. The highest BCUT2D eigenvalue weighted by atomic mass is 35.5. The van der Waals surface area contributed by atoms with Crippen LogP contribution in [-0.2, 0) is 6.42 Å². The Labute approximate surface area is 112 Å². The number of aromatic nitrogens is 3. The molecule has 0 aliphatic carbocycles. The van der Waals surface area contributed by atoms with Crippen LogP contribution >= 0.6 is 34.8 Å². The highest BCUT2D eigenvalue weighted by Gasteiger charge is 2.07. The molecule has 1 N–H and O–H groups in total. The van der Waals surface area contributed by atoms with Crippen LogP contribution in [0, 0.1) is 0 Å². The van der Waals surface area contributed by atoms with Crippen LogP contribution < -0.4 is 5.32 Å². The molecule has 0 radical (unpaired) electrons. The summed E-state index contributed by atoms with van der Waals surface area (Å²) in [6, 6.07) is 1.54. The van der Waals surface area contributed by atoms with Crippen LogP contribution in [0.4, 0.5) is 5.82 Å². The second-order valence-corrected chi connectivity index (χ2v) is 4.29. The highest BCUT2D eigenvalue weighted by molar-refractivity contribution is 6.42. The molecule has 0 fully saturated rings. The summed E-state index contributed by atoms with van der Waals surface area (Å²) < 4.78 is 4.61. The molecule has 0 amide bonds. The van der Waals surface area contributed by atoms with E-state index in [1.165, 1.54) is 12.5 Å². The van der Waals surface area contributed by atoms with Crippen molar-refractivity contribution in [3.8, 4) is 0 Å². The Morgan fingerprint density at radius 2 is 2.06 bits per heavy atom. The Morgan fingerprint density at radius 3 is 2.76 bits per heavy atom. The molecule has 0 aromatic carbocycles. The Kier molecular flexibility index (Phi) is 4.04. The Hall–Kier alpha value is -1.04. The van der Waals surface area contributed by atoms with Gasteiger partial charge in [0, 0.05) is 13.0 Å². The average molecular weight is 294 g/mol. The maximum absolute atomic E-state index is 5.94. The van der Waals surface area contributed by atoms with E-state index in [1.54, 1.807) is 0 Å². The van der Waals surface area contributed by atoms with Gasteiger partial charge in [0.1, 0.15) is 11.0 Å². The van der Waals surface area contributed by atoms with Crippen LogP contribution in [0.3, 0.4) is 0 Å². The van der Waals surface area contributed by atoms with Gasteiger partial charge in [0.2, 0.25) is 6.39 Å². The molecule has 17 heavy (non-hydrogen) atoms. The summed E-state index contributed by atoms with van der Waals surface area (Å²) in [6.07, 6.45) is 1.87. The van der Waals surface area contributed by atoms with Crippen molar-refractivity contribution in [2.24, 2.45) is 0 Å². The summed E-state index contributed by atoms with van der Waals surface area (Å²) in [5.74, 6) is 1.08. The Morgan fingerprint density at radius 1 is 1.24 bits per heavy atom. The van der Waals surface area contributed by atoms with E-state index >= 15 is 0 Å². The topological polar surface area (TPSA) is 63.8 Å². The fourth-order valence-electron chi connectivity index (χ4n) is 1.16. The average Bonchev–Trinajstić information content (AvgIpc) is 2.78. The number of hydrogen-bond donors (Lipinski definition) is 1. The minimum atomic E-state index is 0.207. The molecule has 8 heteroatoms. The molecular weight excluding hydrogens is 286 g/mol. The van der Waals surface area contributed by atoms with Crippen molar-refractivity contribution in [2.45, 2.75) is 6.42 Å². The fourth-order valence-corrected chi connectivity index (χ4v) is 1.73. The molecular formula is C9H7Cl3N4O. The summed E-state index contributed by atoms with van der Waals surface area (Å²) in [7, 11) is 0. The number of anilines is 1. The number of pyridine rings is 1. The van der Waals surface area contributed by atoms with E-state index in [0.717, 1.165) is 0 Å². The smallest absolute Gasteiger partial charge is 0.213 e. The molecule has 2 heterocycles. The summed E-state index contributed by atoms with van der Waals surface area (Å²) in [5.41, 5.74) is 0. The predicted octanol–water partition coefficient (Wildman–Crippen LogP) is 3.08. The number of rotatable bonds is 4. The van der Waals surface area contributed by atoms with E-state index in [1.807, 2.05) is 0 Å². The quantitative estimate of drug-likeness (QED) is 0.878. The van der Waals surface area contributed by atoms with Gasteiger partial charge in [-0.1, -0.05) is 40.0 Å². The van der Waals surface area contributed by atoms with Crippen LogP contribution in [0.5, 0.6) is 0 Å². The zero-order chi connectivity index (χ0) is 12.3. The standard InChI is InChI=1S/C9H7Cl3N4O/c10-5-3-6(11)9(15-8(5)12)13-2-1-7-14-4-17-16-7/h3-4H,1-2H2,(H,13,15). The molecule has 2 rings (SSSR count). The Bertz CT molecular complexity index is 503. The van der Waals surface area contributed by atoms with E-state index < -0.39 is 0 Å². The lowest BCUT2D eigenvalue weighted by atomic mass is 10.4. The van der Waals surface area contributed by atoms with Gasteiger partial charge < -0.3 is 9.84 Å². The SMILES string of the molecule is Clc1cc(Cl)c(NCCc2ncon2)nc1Cl. The van der Waals surface area contributed by atoms with Crippen LogP contribution in [0.15, 0.2) is 17.0 Å². The van der Waals surface area contributed by atoms with Crippen LogP contribution in [-0.4, -0.2) is 21.7 Å². The maximum atomic E-state index is 5.94. The molecule has 0 unspecified atom stereocenters. The van der Waals surface area contributed by atoms with E-state index in [0.29, 0.717) is 34.7 Å². The molecule has 0 spiro atoms.